The zero-order chi connectivity index (χ0) is 18.2. The van der Waals surface area contributed by atoms with Crippen LogP contribution in [0.5, 0.6) is 0 Å². The molecule has 8 nitrogen and oxygen atoms in total. The van der Waals surface area contributed by atoms with Crippen molar-refractivity contribution in [2.45, 2.75) is 36.7 Å². The van der Waals surface area contributed by atoms with E-state index in [1.54, 1.807) is 11.8 Å². The topological polar surface area (TPSA) is 111 Å². The Labute approximate surface area is 150 Å². The zero-order valence-corrected chi connectivity index (χ0v) is 15.5. The Kier molecular flexibility index (Phi) is 5.12. The first-order chi connectivity index (χ1) is 11.8. The molecule has 1 aromatic heterocycles. The molecule has 2 N–H and O–H groups in total. The number of sulfonamides is 1. The molecular formula is C15H21N3O5S2. The van der Waals surface area contributed by atoms with Crippen molar-refractivity contribution in [1.29, 1.82) is 0 Å². The second-order valence-electron chi connectivity index (χ2n) is 6.22. The Bertz CT molecular complexity index is 766. The number of carboxylic acids is 1. The predicted octanol–water partition coefficient (Wildman–Crippen LogP) is 0.830. The molecule has 10 heteroatoms. The molecule has 0 spiro atoms. The molecule has 1 amide bonds. The van der Waals surface area contributed by atoms with Crippen molar-refractivity contribution in [3.8, 4) is 0 Å². The molecule has 0 radical (unpaired) electrons. The van der Waals surface area contributed by atoms with Gasteiger partial charge in [-0.25, -0.2) is 13.2 Å². The Morgan fingerprint density at radius 1 is 1.36 bits per heavy atom. The largest absolute Gasteiger partial charge is 0.480 e. The summed E-state index contributed by atoms with van der Waals surface area (Å²) in [7, 11) is -3.64. The molecule has 2 aliphatic rings. The van der Waals surface area contributed by atoms with Crippen LogP contribution in [0.15, 0.2) is 17.2 Å². The summed E-state index contributed by atoms with van der Waals surface area (Å²) < 4.78 is 26.7. The Morgan fingerprint density at radius 2 is 2.00 bits per heavy atom. The molecule has 0 bridgehead atoms. The molecule has 3 rings (SSSR count). The molecule has 0 aromatic carbocycles. The molecular weight excluding hydrogens is 366 g/mol. The van der Waals surface area contributed by atoms with Crippen LogP contribution in [0.4, 0.5) is 0 Å². The van der Waals surface area contributed by atoms with E-state index in [1.807, 2.05) is 0 Å². The van der Waals surface area contributed by atoms with Gasteiger partial charge in [-0.05, 0) is 25.8 Å². The fourth-order valence-corrected chi connectivity index (χ4v) is 5.42. The van der Waals surface area contributed by atoms with E-state index < -0.39 is 27.9 Å². The van der Waals surface area contributed by atoms with Gasteiger partial charge in [-0.2, -0.15) is 16.1 Å². The molecule has 1 saturated carbocycles. The number of aliphatic carboxylic acids is 1. The third kappa shape index (κ3) is 3.70. The van der Waals surface area contributed by atoms with Crippen LogP contribution < -0.4 is 0 Å². The molecule has 1 atom stereocenters. The maximum absolute atomic E-state index is 12.7. The summed E-state index contributed by atoms with van der Waals surface area (Å²) >= 11 is 1.71. The van der Waals surface area contributed by atoms with Crippen LogP contribution in [0.2, 0.25) is 0 Å². The van der Waals surface area contributed by atoms with Crippen LogP contribution in [-0.4, -0.2) is 76.3 Å². The quantitative estimate of drug-likeness (QED) is 0.748. The van der Waals surface area contributed by atoms with Gasteiger partial charge < -0.3 is 15.0 Å². The molecule has 138 valence electrons. The number of aromatic nitrogens is 1. The molecule has 1 unspecified atom stereocenters. The highest BCUT2D eigenvalue weighted by atomic mass is 32.2. The standard InChI is InChI=1S/C15H21N3O5S2/c1-10(15(20)21)18(11-2-3-11)14(19)13-8-12(9-16-13)25(22,23)17-4-6-24-7-5-17/h8-11,16H,2-7H2,1H3,(H,20,21). The van der Waals surface area contributed by atoms with Crippen molar-refractivity contribution in [2.75, 3.05) is 24.6 Å². The van der Waals surface area contributed by atoms with Crippen molar-refractivity contribution >= 4 is 33.7 Å². The van der Waals surface area contributed by atoms with Gasteiger partial charge in [0, 0.05) is 36.8 Å². The number of nitrogens with zero attached hydrogens (tertiary/aromatic N) is 2. The average Bonchev–Trinajstić information content (AvgIpc) is 3.29. The Morgan fingerprint density at radius 3 is 2.56 bits per heavy atom. The van der Waals surface area contributed by atoms with E-state index in [0.29, 0.717) is 13.1 Å². The Balaban J connectivity index is 1.82. The average molecular weight is 387 g/mol. The first-order valence-electron chi connectivity index (χ1n) is 8.14. The molecule has 25 heavy (non-hydrogen) atoms. The lowest BCUT2D eigenvalue weighted by Gasteiger charge is -2.26. The Hall–Kier alpha value is -1.52. The minimum Gasteiger partial charge on any atom is -0.480 e. The first kappa shape index (κ1) is 18.3. The summed E-state index contributed by atoms with van der Waals surface area (Å²) in [6, 6.07) is 0.257. The summed E-state index contributed by atoms with van der Waals surface area (Å²) in [4.78, 5) is 28.1. The number of H-pyrrole nitrogens is 1. The van der Waals surface area contributed by atoms with Crippen LogP contribution in [0.25, 0.3) is 0 Å². The number of nitrogens with one attached hydrogen (secondary N) is 1. The first-order valence-corrected chi connectivity index (χ1v) is 10.7. The van der Waals surface area contributed by atoms with E-state index in [1.165, 1.54) is 28.4 Å². The number of rotatable bonds is 6. The number of amides is 1. The lowest BCUT2D eigenvalue weighted by molar-refractivity contribution is -0.141. The number of aromatic amines is 1. The molecule has 1 aromatic rings. The maximum Gasteiger partial charge on any atom is 0.326 e. The van der Waals surface area contributed by atoms with E-state index >= 15 is 0 Å². The van der Waals surface area contributed by atoms with E-state index in [0.717, 1.165) is 24.3 Å². The van der Waals surface area contributed by atoms with Crippen LogP contribution in [0, 0.1) is 0 Å². The smallest absolute Gasteiger partial charge is 0.326 e. The van der Waals surface area contributed by atoms with Gasteiger partial charge in [-0.3, -0.25) is 4.79 Å². The number of hydrogen-bond acceptors (Lipinski definition) is 5. The van der Waals surface area contributed by atoms with Gasteiger partial charge in [0.15, 0.2) is 0 Å². The van der Waals surface area contributed by atoms with Gasteiger partial charge in [0.1, 0.15) is 16.6 Å². The lowest BCUT2D eigenvalue weighted by atomic mass is 10.2. The zero-order valence-electron chi connectivity index (χ0n) is 13.8. The van der Waals surface area contributed by atoms with Crippen molar-refractivity contribution in [3.05, 3.63) is 18.0 Å². The highest BCUT2D eigenvalue weighted by Gasteiger charge is 2.39. The highest BCUT2D eigenvalue weighted by molar-refractivity contribution is 7.99. The number of carboxylic acid groups (broad SMARTS) is 1. The molecule has 2 heterocycles. The second-order valence-corrected chi connectivity index (χ2v) is 9.39. The molecule has 1 aliphatic heterocycles. The van der Waals surface area contributed by atoms with Crippen LogP contribution in [0.1, 0.15) is 30.3 Å². The van der Waals surface area contributed by atoms with E-state index in [4.69, 9.17) is 0 Å². The van der Waals surface area contributed by atoms with Crippen LogP contribution in [-0.2, 0) is 14.8 Å². The number of carbonyl (C=O) groups is 2. The van der Waals surface area contributed by atoms with Gasteiger partial charge in [0.25, 0.3) is 5.91 Å². The number of hydrogen-bond donors (Lipinski definition) is 2. The van der Waals surface area contributed by atoms with Crippen molar-refractivity contribution in [1.82, 2.24) is 14.2 Å². The maximum atomic E-state index is 12.7. The summed E-state index contributed by atoms with van der Waals surface area (Å²) in [5.41, 5.74) is 0.102. The van der Waals surface area contributed by atoms with E-state index in [9.17, 15) is 23.1 Å². The summed E-state index contributed by atoms with van der Waals surface area (Å²) in [6.45, 7) is 2.36. The van der Waals surface area contributed by atoms with Gasteiger partial charge in [0.05, 0.1) is 0 Å². The third-order valence-corrected chi connectivity index (χ3v) is 7.26. The van der Waals surface area contributed by atoms with Gasteiger partial charge >= 0.3 is 5.97 Å². The molecule has 2 fully saturated rings. The normalized spacial score (nSPS) is 20.2. The molecule has 1 saturated heterocycles. The monoisotopic (exact) mass is 387 g/mol. The third-order valence-electron chi connectivity index (χ3n) is 4.44. The van der Waals surface area contributed by atoms with E-state index in [2.05, 4.69) is 4.98 Å². The van der Waals surface area contributed by atoms with Crippen molar-refractivity contribution < 1.29 is 23.1 Å². The summed E-state index contributed by atoms with van der Waals surface area (Å²) in [5.74, 6) is -0.0549. The highest BCUT2D eigenvalue weighted by Crippen LogP contribution is 2.30. The van der Waals surface area contributed by atoms with Crippen LogP contribution in [0.3, 0.4) is 0 Å². The minimum atomic E-state index is -3.64. The fraction of sp³-hybridized carbons (Fsp3) is 0.600. The van der Waals surface area contributed by atoms with Crippen molar-refractivity contribution in [3.63, 3.8) is 0 Å². The number of thioether (sulfide) groups is 1. The summed E-state index contributed by atoms with van der Waals surface area (Å²) in [5, 5.41) is 9.22. The van der Waals surface area contributed by atoms with Gasteiger partial charge in [-0.15, -0.1) is 0 Å². The van der Waals surface area contributed by atoms with Gasteiger partial charge in [0.2, 0.25) is 10.0 Å². The lowest BCUT2D eigenvalue weighted by Crippen LogP contribution is -2.44. The van der Waals surface area contributed by atoms with Crippen molar-refractivity contribution in [2.24, 2.45) is 0 Å². The second kappa shape index (κ2) is 7.00. The minimum absolute atomic E-state index is 0.0430. The van der Waals surface area contributed by atoms with Gasteiger partial charge in [-0.1, -0.05) is 0 Å². The van der Waals surface area contributed by atoms with E-state index in [-0.39, 0.29) is 16.6 Å². The SMILES string of the molecule is CC(C(=O)O)N(C(=O)c1cc(S(=O)(=O)N2CCSCC2)c[nH]1)C1CC1. The molecule has 1 aliphatic carbocycles. The fourth-order valence-electron chi connectivity index (χ4n) is 2.85. The van der Waals surface area contributed by atoms with Crippen LogP contribution >= 0.6 is 11.8 Å². The summed E-state index contributed by atoms with van der Waals surface area (Å²) in [6.07, 6.45) is 2.84. The number of carbonyl (C=O) groups excluding carboxylic acids is 1. The predicted molar refractivity (Wildman–Crippen MR) is 93.2 cm³/mol.